The lowest BCUT2D eigenvalue weighted by Gasteiger charge is -2.21. The first-order valence-corrected chi connectivity index (χ1v) is 48.6. The van der Waals surface area contributed by atoms with Crippen LogP contribution in [0.15, 0.2) is 0 Å². The maximum atomic E-state index is 13.2. The van der Waals surface area contributed by atoms with Crippen LogP contribution in [0.5, 0.6) is 0 Å². The lowest BCUT2D eigenvalue weighted by molar-refractivity contribution is -0.161. The fraction of sp³-hybridized carbons (Fsp3) is 0.955. The molecule has 0 rings (SSSR count). The minimum absolute atomic E-state index is 0.109. The molecule has 0 radical (unpaired) electrons. The van der Waals surface area contributed by atoms with Crippen molar-refractivity contribution in [2.75, 3.05) is 39.6 Å². The highest BCUT2D eigenvalue weighted by molar-refractivity contribution is 7.47. The summed E-state index contributed by atoms with van der Waals surface area (Å²) in [5.74, 6) is -1.28. The largest absolute Gasteiger partial charge is 0.472 e. The maximum Gasteiger partial charge on any atom is 0.472 e. The molecule has 0 fully saturated rings. The Balaban J connectivity index is 5.19. The van der Waals surface area contributed by atoms with Crippen LogP contribution in [-0.4, -0.2) is 96.7 Å². The number of carbonyl (C=O) groups is 4. The Morgan fingerprint density at radius 2 is 0.430 bits per heavy atom. The molecular formula is C88H172O17P2. The van der Waals surface area contributed by atoms with Crippen molar-refractivity contribution >= 4 is 39.5 Å². The predicted molar refractivity (Wildman–Crippen MR) is 442 cm³/mol. The van der Waals surface area contributed by atoms with E-state index in [2.05, 4.69) is 34.6 Å². The number of esters is 4. The molecular weight excluding hydrogens is 1390 g/mol. The Hall–Kier alpha value is -1.94. The van der Waals surface area contributed by atoms with E-state index < -0.39 is 97.5 Å². The van der Waals surface area contributed by atoms with E-state index in [1.54, 1.807) is 0 Å². The molecule has 0 aromatic rings. The molecule has 0 aromatic carbocycles. The van der Waals surface area contributed by atoms with E-state index in [9.17, 15) is 43.2 Å². The number of rotatable bonds is 88. The second-order valence-electron chi connectivity index (χ2n) is 32.1. The molecule has 19 heteroatoms. The SMILES string of the molecule is CCCCCCCCCCCCCCCCCCCCCCCCC(=O)O[C@H](COC(=O)CCCCCCCCCCCCCCCCCCCCC(C)C)COP(=O)(O)OC[C@@H](O)COP(=O)(O)OC[C@@H](COC(=O)CCCCCCCCCCC)OC(=O)CCCCCCCCCCCCCCCCC. The van der Waals surface area contributed by atoms with Crippen molar-refractivity contribution in [2.45, 2.75) is 496 Å². The van der Waals surface area contributed by atoms with E-state index in [-0.39, 0.29) is 25.7 Å². The average Bonchev–Trinajstić information content (AvgIpc) is 0.909. The van der Waals surface area contributed by atoms with Crippen LogP contribution in [0.1, 0.15) is 478 Å². The third kappa shape index (κ3) is 81.9. The Morgan fingerprint density at radius 3 is 0.636 bits per heavy atom. The summed E-state index contributed by atoms with van der Waals surface area (Å²) in [5.41, 5.74) is 0. The third-order valence-corrected chi connectivity index (χ3v) is 22.7. The van der Waals surface area contributed by atoms with Gasteiger partial charge in [0.15, 0.2) is 12.2 Å². The highest BCUT2D eigenvalue weighted by Crippen LogP contribution is 2.45. The Morgan fingerprint density at radius 1 is 0.252 bits per heavy atom. The zero-order chi connectivity index (χ0) is 78.3. The normalized spacial score (nSPS) is 13.7. The van der Waals surface area contributed by atoms with E-state index in [1.807, 2.05) is 0 Å². The van der Waals surface area contributed by atoms with Gasteiger partial charge >= 0.3 is 39.5 Å². The smallest absolute Gasteiger partial charge is 0.462 e. The van der Waals surface area contributed by atoms with Crippen molar-refractivity contribution in [1.82, 2.24) is 0 Å². The number of hydrogen-bond acceptors (Lipinski definition) is 15. The second-order valence-corrected chi connectivity index (χ2v) is 35.0. The van der Waals surface area contributed by atoms with Crippen LogP contribution < -0.4 is 0 Å². The molecule has 0 aliphatic carbocycles. The molecule has 0 heterocycles. The number of aliphatic hydroxyl groups is 1. The molecule has 17 nitrogen and oxygen atoms in total. The summed E-state index contributed by atoms with van der Waals surface area (Å²) in [6.45, 7) is 7.39. The van der Waals surface area contributed by atoms with Gasteiger partial charge in [-0.15, -0.1) is 0 Å². The third-order valence-electron chi connectivity index (χ3n) is 20.8. The lowest BCUT2D eigenvalue weighted by atomic mass is 10.0. The van der Waals surface area contributed by atoms with Gasteiger partial charge in [0.2, 0.25) is 0 Å². The van der Waals surface area contributed by atoms with Crippen molar-refractivity contribution in [3.05, 3.63) is 0 Å². The summed E-state index contributed by atoms with van der Waals surface area (Å²) >= 11 is 0. The summed E-state index contributed by atoms with van der Waals surface area (Å²) in [5, 5.41) is 10.7. The van der Waals surface area contributed by atoms with Gasteiger partial charge in [0.1, 0.15) is 19.3 Å². The van der Waals surface area contributed by atoms with Crippen molar-refractivity contribution in [2.24, 2.45) is 5.92 Å². The highest BCUT2D eigenvalue weighted by atomic mass is 31.2. The summed E-state index contributed by atoms with van der Waals surface area (Å²) in [4.78, 5) is 73.2. The number of phosphoric ester groups is 2. The lowest BCUT2D eigenvalue weighted by Crippen LogP contribution is -2.30. The summed E-state index contributed by atoms with van der Waals surface area (Å²) in [6, 6.07) is 0. The van der Waals surface area contributed by atoms with Gasteiger partial charge in [-0.2, -0.15) is 0 Å². The molecule has 0 bridgehead atoms. The van der Waals surface area contributed by atoms with E-state index in [0.29, 0.717) is 25.7 Å². The van der Waals surface area contributed by atoms with Crippen LogP contribution in [0.25, 0.3) is 0 Å². The van der Waals surface area contributed by atoms with Crippen molar-refractivity contribution in [3.8, 4) is 0 Å². The summed E-state index contributed by atoms with van der Waals surface area (Å²) in [7, 11) is -9.93. The van der Waals surface area contributed by atoms with Crippen LogP contribution in [0.4, 0.5) is 0 Å². The van der Waals surface area contributed by atoms with Gasteiger partial charge in [-0.05, 0) is 31.6 Å². The van der Waals surface area contributed by atoms with E-state index in [4.69, 9.17) is 37.0 Å². The maximum absolute atomic E-state index is 13.2. The molecule has 0 amide bonds. The Kier molecular flexibility index (Phi) is 79.2. The zero-order valence-electron chi connectivity index (χ0n) is 70.3. The predicted octanol–water partition coefficient (Wildman–Crippen LogP) is 27.2. The van der Waals surface area contributed by atoms with E-state index in [1.165, 1.54) is 302 Å². The summed E-state index contributed by atoms with van der Waals surface area (Å²) < 4.78 is 68.9. The molecule has 5 atom stereocenters. The molecule has 0 spiro atoms. The molecule has 3 N–H and O–H groups in total. The van der Waals surface area contributed by atoms with Crippen LogP contribution in [0.3, 0.4) is 0 Å². The van der Waals surface area contributed by atoms with Gasteiger partial charge in [-0.3, -0.25) is 37.3 Å². The summed E-state index contributed by atoms with van der Waals surface area (Å²) in [6.07, 6.45) is 75.2. The molecule has 2 unspecified atom stereocenters. The van der Waals surface area contributed by atoms with Gasteiger partial charge in [0.05, 0.1) is 26.4 Å². The van der Waals surface area contributed by atoms with Gasteiger partial charge in [0, 0.05) is 25.7 Å². The highest BCUT2D eigenvalue weighted by Gasteiger charge is 2.30. The van der Waals surface area contributed by atoms with Crippen molar-refractivity contribution in [1.29, 1.82) is 0 Å². The molecule has 636 valence electrons. The minimum atomic E-state index is -4.97. The Bertz CT molecular complexity index is 2030. The Labute approximate surface area is 658 Å². The second kappa shape index (κ2) is 80.7. The molecule has 0 aromatic heterocycles. The molecule has 0 aliphatic heterocycles. The number of unbranched alkanes of at least 4 members (excludes halogenated alkanes) is 60. The zero-order valence-corrected chi connectivity index (χ0v) is 72.1. The number of hydrogen-bond donors (Lipinski definition) is 3. The van der Waals surface area contributed by atoms with E-state index >= 15 is 0 Å². The van der Waals surface area contributed by atoms with E-state index in [0.717, 1.165) is 95.8 Å². The number of ether oxygens (including phenoxy) is 4. The van der Waals surface area contributed by atoms with Gasteiger partial charge in [0.25, 0.3) is 0 Å². The average molecular weight is 1560 g/mol. The van der Waals surface area contributed by atoms with Gasteiger partial charge in [-0.1, -0.05) is 426 Å². The fourth-order valence-corrected chi connectivity index (χ4v) is 15.4. The first kappa shape index (κ1) is 105. The standard InChI is InChI=1S/C88H172O17P2/c1-6-9-12-15-18-21-23-25-27-28-29-30-31-32-37-41-45-49-54-59-64-69-74-88(93)105-84(78-99-86(91)72-67-62-57-52-47-43-40-36-34-33-35-39-42-46-51-55-60-65-70-81(4)5)80-103-107(96,97)101-76-82(89)75-100-106(94,95)102-79-83(77-98-85(90)71-66-61-56-50-20-17-14-11-8-3)104-87(92)73-68-63-58-53-48-44-38-26-24-22-19-16-13-10-7-2/h81-84,89H,6-80H2,1-5H3,(H,94,95)(H,96,97)/t82-,83+,84+/m0/s1. The van der Waals surface area contributed by atoms with Crippen molar-refractivity contribution < 1.29 is 80.2 Å². The quantitative estimate of drug-likeness (QED) is 0.0222. The molecule has 0 saturated heterocycles. The van der Waals surface area contributed by atoms with Crippen LogP contribution in [0, 0.1) is 5.92 Å². The first-order chi connectivity index (χ1) is 52.0. The fourth-order valence-electron chi connectivity index (χ4n) is 13.8. The van der Waals surface area contributed by atoms with Gasteiger partial charge in [-0.25, -0.2) is 9.13 Å². The number of aliphatic hydroxyl groups excluding tert-OH is 1. The monoisotopic (exact) mass is 1560 g/mol. The minimum Gasteiger partial charge on any atom is -0.462 e. The molecule has 107 heavy (non-hydrogen) atoms. The molecule has 0 aliphatic rings. The van der Waals surface area contributed by atoms with Gasteiger partial charge < -0.3 is 33.8 Å². The van der Waals surface area contributed by atoms with Crippen LogP contribution in [-0.2, 0) is 65.4 Å². The number of phosphoric acid groups is 2. The van der Waals surface area contributed by atoms with Crippen molar-refractivity contribution in [3.63, 3.8) is 0 Å². The number of carbonyl (C=O) groups excluding carboxylic acids is 4. The van der Waals surface area contributed by atoms with Crippen LogP contribution >= 0.6 is 15.6 Å². The topological polar surface area (TPSA) is 237 Å². The van der Waals surface area contributed by atoms with Crippen LogP contribution in [0.2, 0.25) is 0 Å². The first-order valence-electron chi connectivity index (χ1n) is 45.6. The molecule has 0 saturated carbocycles.